The van der Waals surface area contributed by atoms with E-state index in [0.29, 0.717) is 23.7 Å². The molecule has 3 N–H and O–H groups in total. The van der Waals surface area contributed by atoms with E-state index in [2.05, 4.69) is 5.32 Å². The SMILES string of the molecule is COc1cc(NCC(N)C(C)C)c([N+](=O)[O-])cc1OC. The third kappa shape index (κ3) is 3.74. The van der Waals surface area contributed by atoms with Crippen molar-refractivity contribution in [3.8, 4) is 11.5 Å². The molecule has 0 aliphatic rings. The van der Waals surface area contributed by atoms with Crippen molar-refractivity contribution >= 4 is 11.4 Å². The molecule has 112 valence electrons. The Kier molecular flexibility index (Phi) is 5.57. The number of ether oxygens (including phenoxy) is 2. The van der Waals surface area contributed by atoms with E-state index in [1.54, 1.807) is 6.07 Å². The molecule has 7 heteroatoms. The van der Waals surface area contributed by atoms with Crippen LogP contribution in [0.15, 0.2) is 12.1 Å². The number of nitro groups is 1. The monoisotopic (exact) mass is 283 g/mol. The molecule has 1 aromatic carbocycles. The topological polar surface area (TPSA) is 99.7 Å². The van der Waals surface area contributed by atoms with Crippen molar-refractivity contribution in [3.63, 3.8) is 0 Å². The van der Waals surface area contributed by atoms with Gasteiger partial charge in [0.15, 0.2) is 11.5 Å². The maximum atomic E-state index is 11.1. The lowest BCUT2D eigenvalue weighted by molar-refractivity contribution is -0.384. The maximum Gasteiger partial charge on any atom is 0.296 e. The highest BCUT2D eigenvalue weighted by Crippen LogP contribution is 2.37. The number of benzene rings is 1. The summed E-state index contributed by atoms with van der Waals surface area (Å²) in [6.45, 7) is 4.43. The van der Waals surface area contributed by atoms with Crippen LogP contribution < -0.4 is 20.5 Å². The molecule has 1 unspecified atom stereocenters. The van der Waals surface area contributed by atoms with Crippen LogP contribution in [0, 0.1) is 16.0 Å². The maximum absolute atomic E-state index is 11.1. The second kappa shape index (κ2) is 6.95. The number of nitrogens with one attached hydrogen (secondary N) is 1. The summed E-state index contributed by atoms with van der Waals surface area (Å²) >= 11 is 0. The van der Waals surface area contributed by atoms with Crippen LogP contribution in [0.5, 0.6) is 11.5 Å². The van der Waals surface area contributed by atoms with Gasteiger partial charge in [-0.1, -0.05) is 13.8 Å². The number of hydrogen-bond acceptors (Lipinski definition) is 6. The van der Waals surface area contributed by atoms with Crippen molar-refractivity contribution in [2.24, 2.45) is 11.7 Å². The van der Waals surface area contributed by atoms with Crippen LogP contribution in [0.2, 0.25) is 0 Å². The van der Waals surface area contributed by atoms with Gasteiger partial charge in [-0.3, -0.25) is 10.1 Å². The molecule has 7 nitrogen and oxygen atoms in total. The average molecular weight is 283 g/mol. The van der Waals surface area contributed by atoms with E-state index >= 15 is 0 Å². The van der Waals surface area contributed by atoms with Gasteiger partial charge in [0.05, 0.1) is 25.2 Å². The summed E-state index contributed by atoms with van der Waals surface area (Å²) in [6.07, 6.45) is 0. The molecule has 0 saturated heterocycles. The Labute approximate surface area is 118 Å². The number of nitro benzene ring substituents is 1. The molecule has 0 saturated carbocycles. The molecule has 0 heterocycles. The fraction of sp³-hybridized carbons (Fsp3) is 0.538. The van der Waals surface area contributed by atoms with Gasteiger partial charge in [0.25, 0.3) is 5.69 Å². The molecular weight excluding hydrogens is 262 g/mol. The fourth-order valence-corrected chi connectivity index (χ4v) is 1.62. The Hall–Kier alpha value is -2.02. The van der Waals surface area contributed by atoms with Crippen molar-refractivity contribution in [2.75, 3.05) is 26.1 Å². The zero-order valence-corrected chi connectivity index (χ0v) is 12.2. The first kappa shape index (κ1) is 16.0. The Bertz CT molecular complexity index is 477. The first-order chi connectivity index (χ1) is 9.40. The molecule has 0 aliphatic carbocycles. The van der Waals surface area contributed by atoms with Crippen LogP contribution in [-0.2, 0) is 0 Å². The molecular formula is C13H21N3O4. The lowest BCUT2D eigenvalue weighted by Gasteiger charge is -2.18. The summed E-state index contributed by atoms with van der Waals surface area (Å²) in [7, 11) is 2.91. The number of anilines is 1. The van der Waals surface area contributed by atoms with E-state index in [0.717, 1.165) is 0 Å². The summed E-state index contributed by atoms with van der Waals surface area (Å²) in [4.78, 5) is 10.6. The largest absolute Gasteiger partial charge is 0.493 e. The second-order valence-corrected chi connectivity index (χ2v) is 4.77. The van der Waals surface area contributed by atoms with E-state index in [1.165, 1.54) is 20.3 Å². The zero-order chi connectivity index (χ0) is 15.3. The minimum Gasteiger partial charge on any atom is -0.493 e. The van der Waals surface area contributed by atoms with Gasteiger partial charge in [-0.15, -0.1) is 0 Å². The number of methoxy groups -OCH3 is 2. The molecule has 20 heavy (non-hydrogen) atoms. The van der Waals surface area contributed by atoms with Crippen molar-refractivity contribution in [3.05, 3.63) is 22.2 Å². The number of nitrogens with zero attached hydrogens (tertiary/aromatic N) is 1. The molecule has 0 spiro atoms. The van der Waals surface area contributed by atoms with Crippen LogP contribution >= 0.6 is 0 Å². The molecule has 0 radical (unpaired) electrons. The Morgan fingerprint density at radius 3 is 2.30 bits per heavy atom. The predicted octanol–water partition coefficient (Wildman–Crippen LogP) is 2.01. The zero-order valence-electron chi connectivity index (χ0n) is 12.2. The van der Waals surface area contributed by atoms with Crippen molar-refractivity contribution in [1.29, 1.82) is 0 Å². The van der Waals surface area contributed by atoms with Gasteiger partial charge in [0, 0.05) is 18.7 Å². The number of hydrogen-bond donors (Lipinski definition) is 2. The smallest absolute Gasteiger partial charge is 0.296 e. The summed E-state index contributed by atoms with van der Waals surface area (Å²) in [6, 6.07) is 2.79. The average Bonchev–Trinajstić information content (AvgIpc) is 2.43. The number of rotatable bonds is 7. The summed E-state index contributed by atoms with van der Waals surface area (Å²) in [5.74, 6) is 1.03. The van der Waals surface area contributed by atoms with Gasteiger partial charge in [-0.2, -0.15) is 0 Å². The Morgan fingerprint density at radius 1 is 1.30 bits per heavy atom. The molecule has 1 rings (SSSR count). The molecule has 0 aliphatic heterocycles. The lowest BCUT2D eigenvalue weighted by atomic mass is 10.1. The van der Waals surface area contributed by atoms with E-state index in [-0.39, 0.29) is 17.6 Å². The minimum atomic E-state index is -0.467. The molecule has 0 aromatic heterocycles. The van der Waals surface area contributed by atoms with Gasteiger partial charge >= 0.3 is 0 Å². The lowest BCUT2D eigenvalue weighted by Crippen LogP contribution is -2.34. The predicted molar refractivity (Wildman–Crippen MR) is 77.5 cm³/mol. The quantitative estimate of drug-likeness (QED) is 0.586. The Balaban J connectivity index is 3.06. The van der Waals surface area contributed by atoms with Crippen LogP contribution in [0.1, 0.15) is 13.8 Å². The van der Waals surface area contributed by atoms with Crippen molar-refractivity contribution in [2.45, 2.75) is 19.9 Å². The van der Waals surface area contributed by atoms with Crippen LogP contribution in [0.4, 0.5) is 11.4 Å². The summed E-state index contributed by atoms with van der Waals surface area (Å²) < 4.78 is 10.2. The first-order valence-corrected chi connectivity index (χ1v) is 6.30. The summed E-state index contributed by atoms with van der Waals surface area (Å²) in [5, 5.41) is 14.1. The van der Waals surface area contributed by atoms with E-state index < -0.39 is 4.92 Å². The third-order valence-electron chi connectivity index (χ3n) is 3.08. The van der Waals surface area contributed by atoms with Gasteiger partial charge in [0.2, 0.25) is 0 Å². The van der Waals surface area contributed by atoms with E-state index in [4.69, 9.17) is 15.2 Å². The van der Waals surface area contributed by atoms with E-state index in [1.807, 2.05) is 13.8 Å². The second-order valence-electron chi connectivity index (χ2n) is 4.77. The van der Waals surface area contributed by atoms with Crippen molar-refractivity contribution in [1.82, 2.24) is 0 Å². The fourth-order valence-electron chi connectivity index (χ4n) is 1.62. The molecule has 0 fully saturated rings. The van der Waals surface area contributed by atoms with Crippen molar-refractivity contribution < 1.29 is 14.4 Å². The standard InChI is InChI=1S/C13H21N3O4/c1-8(2)9(14)7-15-10-5-12(19-3)13(20-4)6-11(10)16(17)18/h5-6,8-9,15H,7,14H2,1-4H3. The van der Waals surface area contributed by atoms with Gasteiger partial charge < -0.3 is 20.5 Å². The normalized spacial score (nSPS) is 12.1. The van der Waals surface area contributed by atoms with Gasteiger partial charge in [-0.05, 0) is 5.92 Å². The summed E-state index contributed by atoms with van der Waals surface area (Å²) in [5.41, 5.74) is 6.22. The molecule has 0 amide bonds. The molecule has 1 aromatic rings. The minimum absolute atomic E-state index is 0.0707. The van der Waals surface area contributed by atoms with Crippen LogP contribution in [0.25, 0.3) is 0 Å². The molecule has 1 atom stereocenters. The third-order valence-corrected chi connectivity index (χ3v) is 3.08. The van der Waals surface area contributed by atoms with Crippen LogP contribution in [0.3, 0.4) is 0 Å². The first-order valence-electron chi connectivity index (χ1n) is 6.30. The highest BCUT2D eigenvalue weighted by atomic mass is 16.6. The Morgan fingerprint density at radius 2 is 1.85 bits per heavy atom. The van der Waals surface area contributed by atoms with Gasteiger partial charge in [0.1, 0.15) is 5.69 Å². The van der Waals surface area contributed by atoms with Crippen LogP contribution in [-0.4, -0.2) is 31.7 Å². The van der Waals surface area contributed by atoms with E-state index in [9.17, 15) is 10.1 Å². The number of nitrogens with two attached hydrogens (primary N) is 1. The highest BCUT2D eigenvalue weighted by molar-refractivity contribution is 5.68. The molecule has 0 bridgehead atoms. The van der Waals surface area contributed by atoms with Gasteiger partial charge in [-0.25, -0.2) is 0 Å². The highest BCUT2D eigenvalue weighted by Gasteiger charge is 2.20.